The molecule has 0 atom stereocenters. The smallest absolute Gasteiger partial charge is 0.135 e. The van der Waals surface area contributed by atoms with Gasteiger partial charge in [0.2, 0.25) is 0 Å². The van der Waals surface area contributed by atoms with E-state index in [0.29, 0.717) is 16.9 Å². The molecule has 1 rings (SSSR count). The lowest BCUT2D eigenvalue weighted by atomic mass is 10.3. The van der Waals surface area contributed by atoms with Crippen molar-refractivity contribution in [3.63, 3.8) is 0 Å². The van der Waals surface area contributed by atoms with E-state index in [4.69, 9.17) is 23.2 Å². The maximum Gasteiger partial charge on any atom is 0.135 e. The van der Waals surface area contributed by atoms with E-state index in [-0.39, 0.29) is 0 Å². The number of nitrogens with one attached hydrogen (secondary N) is 1. The highest BCUT2D eigenvalue weighted by atomic mass is 35.5. The minimum Gasteiger partial charge on any atom is -0.305 e. The van der Waals surface area contributed by atoms with Gasteiger partial charge in [0.15, 0.2) is 0 Å². The molecular weight excluding hydrogens is 199 g/mol. The first-order valence-electron chi connectivity index (χ1n) is 3.31. The zero-order valence-corrected chi connectivity index (χ0v) is 7.99. The number of hydroxylamine groups is 1. The molecule has 0 unspecified atom stereocenters. The second kappa shape index (κ2) is 4.62. The fourth-order valence-electron chi connectivity index (χ4n) is 0.723. The molecule has 0 amide bonds. The lowest BCUT2D eigenvalue weighted by Gasteiger charge is -2.03. The Kier molecular flexibility index (Phi) is 3.75. The number of hydrogen-bond acceptors (Lipinski definition) is 3. The van der Waals surface area contributed by atoms with Crippen LogP contribution in [0.5, 0.6) is 0 Å². The average Bonchev–Trinajstić information content (AvgIpc) is 2.03. The number of pyridine rings is 1. The summed E-state index contributed by atoms with van der Waals surface area (Å²) in [5.74, 6) is 0. The van der Waals surface area contributed by atoms with Crippen molar-refractivity contribution in [3.05, 3.63) is 28.0 Å². The molecule has 0 aliphatic carbocycles. The van der Waals surface area contributed by atoms with Crippen molar-refractivity contribution in [1.82, 2.24) is 10.5 Å². The topological polar surface area (TPSA) is 34.1 Å². The molecule has 0 aromatic carbocycles. The van der Waals surface area contributed by atoms with Crippen LogP contribution in [-0.4, -0.2) is 12.1 Å². The molecule has 0 spiro atoms. The molecule has 1 heterocycles. The lowest BCUT2D eigenvalue weighted by molar-refractivity contribution is 0.0867. The van der Waals surface area contributed by atoms with Crippen LogP contribution in [0.1, 0.15) is 5.56 Å². The van der Waals surface area contributed by atoms with Crippen molar-refractivity contribution < 1.29 is 4.84 Å². The highest BCUT2D eigenvalue weighted by molar-refractivity contribution is 6.32. The highest BCUT2D eigenvalue weighted by Crippen LogP contribution is 2.15. The van der Waals surface area contributed by atoms with Crippen molar-refractivity contribution in [3.8, 4) is 0 Å². The van der Waals surface area contributed by atoms with E-state index >= 15 is 0 Å². The Morgan fingerprint density at radius 1 is 1.50 bits per heavy atom. The van der Waals surface area contributed by atoms with Crippen LogP contribution in [0.25, 0.3) is 0 Å². The molecule has 0 radical (unpaired) electrons. The summed E-state index contributed by atoms with van der Waals surface area (Å²) in [7, 11) is 1.54. The standard InChI is InChI=1S/C7H8Cl2N2O/c1-12-10-4-5-2-3-6(8)11-7(5)9/h2-3,10H,4H2,1H3. The van der Waals surface area contributed by atoms with Gasteiger partial charge in [-0.25, -0.2) is 4.98 Å². The van der Waals surface area contributed by atoms with Crippen LogP contribution in [0.4, 0.5) is 0 Å². The second-order valence-electron chi connectivity index (χ2n) is 2.11. The van der Waals surface area contributed by atoms with Gasteiger partial charge >= 0.3 is 0 Å². The lowest BCUT2D eigenvalue weighted by Crippen LogP contribution is -2.11. The molecule has 0 saturated carbocycles. The van der Waals surface area contributed by atoms with Gasteiger partial charge in [0, 0.05) is 12.1 Å². The third-order valence-corrected chi connectivity index (χ3v) is 1.84. The molecule has 0 fully saturated rings. The van der Waals surface area contributed by atoms with E-state index in [1.165, 1.54) is 7.11 Å². The Hall–Kier alpha value is -0.350. The Labute approximate surface area is 80.6 Å². The molecule has 0 bridgehead atoms. The normalized spacial score (nSPS) is 10.2. The maximum absolute atomic E-state index is 5.77. The molecule has 12 heavy (non-hydrogen) atoms. The SMILES string of the molecule is CONCc1ccc(Cl)nc1Cl. The van der Waals surface area contributed by atoms with Crippen LogP contribution in [0.2, 0.25) is 10.3 Å². The minimum atomic E-state index is 0.390. The zero-order chi connectivity index (χ0) is 8.97. The van der Waals surface area contributed by atoms with E-state index in [1.54, 1.807) is 12.1 Å². The van der Waals surface area contributed by atoms with E-state index in [1.807, 2.05) is 0 Å². The number of hydrogen-bond donors (Lipinski definition) is 1. The van der Waals surface area contributed by atoms with Gasteiger partial charge in [-0.05, 0) is 6.07 Å². The molecule has 0 saturated heterocycles. The summed E-state index contributed by atoms with van der Waals surface area (Å²) in [6.45, 7) is 0.513. The summed E-state index contributed by atoms with van der Waals surface area (Å²) in [4.78, 5) is 8.52. The fraction of sp³-hybridized carbons (Fsp3) is 0.286. The molecule has 3 nitrogen and oxygen atoms in total. The van der Waals surface area contributed by atoms with Crippen LogP contribution < -0.4 is 5.48 Å². The summed E-state index contributed by atoms with van der Waals surface area (Å²) >= 11 is 11.4. The van der Waals surface area contributed by atoms with Gasteiger partial charge in [-0.3, -0.25) is 0 Å². The fourth-order valence-corrected chi connectivity index (χ4v) is 1.13. The summed E-state index contributed by atoms with van der Waals surface area (Å²) in [5.41, 5.74) is 3.51. The van der Waals surface area contributed by atoms with Gasteiger partial charge in [-0.2, -0.15) is 5.48 Å². The van der Waals surface area contributed by atoms with E-state index in [0.717, 1.165) is 5.56 Å². The van der Waals surface area contributed by atoms with Gasteiger partial charge in [-0.15, -0.1) is 0 Å². The first-order valence-corrected chi connectivity index (χ1v) is 4.06. The Balaban J connectivity index is 2.72. The first kappa shape index (κ1) is 9.74. The maximum atomic E-state index is 5.77. The van der Waals surface area contributed by atoms with Gasteiger partial charge in [0.05, 0.1) is 7.11 Å². The van der Waals surface area contributed by atoms with Crippen molar-refractivity contribution in [1.29, 1.82) is 0 Å². The van der Waals surface area contributed by atoms with Crippen molar-refractivity contribution in [2.75, 3.05) is 7.11 Å². The van der Waals surface area contributed by atoms with Crippen LogP contribution in [0.15, 0.2) is 12.1 Å². The molecule has 1 aromatic rings. The van der Waals surface area contributed by atoms with Crippen LogP contribution >= 0.6 is 23.2 Å². The predicted octanol–water partition coefficient (Wildman–Crippen LogP) is 2.04. The Morgan fingerprint density at radius 2 is 2.25 bits per heavy atom. The van der Waals surface area contributed by atoms with Crippen LogP contribution in [-0.2, 0) is 11.4 Å². The molecule has 66 valence electrons. The summed E-state index contributed by atoms with van der Waals surface area (Å²) in [6, 6.07) is 3.48. The summed E-state index contributed by atoms with van der Waals surface area (Å²) in [6.07, 6.45) is 0. The molecule has 0 aliphatic heterocycles. The van der Waals surface area contributed by atoms with E-state index < -0.39 is 0 Å². The highest BCUT2D eigenvalue weighted by Gasteiger charge is 2.01. The van der Waals surface area contributed by atoms with Gasteiger partial charge in [-0.1, -0.05) is 29.3 Å². The Morgan fingerprint density at radius 3 is 2.83 bits per heavy atom. The number of rotatable bonds is 3. The molecule has 1 aromatic heterocycles. The monoisotopic (exact) mass is 206 g/mol. The zero-order valence-electron chi connectivity index (χ0n) is 6.47. The molecular formula is C7H8Cl2N2O. The molecule has 5 heteroatoms. The number of nitrogens with zero attached hydrogens (tertiary/aromatic N) is 1. The van der Waals surface area contributed by atoms with Crippen molar-refractivity contribution in [2.24, 2.45) is 0 Å². The van der Waals surface area contributed by atoms with Crippen LogP contribution in [0.3, 0.4) is 0 Å². The van der Waals surface area contributed by atoms with Crippen LogP contribution in [0, 0.1) is 0 Å². The third-order valence-electron chi connectivity index (χ3n) is 1.30. The largest absolute Gasteiger partial charge is 0.305 e. The number of halogens is 2. The summed E-state index contributed by atoms with van der Waals surface area (Å²) < 4.78 is 0. The predicted molar refractivity (Wildman–Crippen MR) is 48.1 cm³/mol. The van der Waals surface area contributed by atoms with Gasteiger partial charge in [0.1, 0.15) is 10.3 Å². The van der Waals surface area contributed by atoms with E-state index in [9.17, 15) is 0 Å². The molecule has 1 N–H and O–H groups in total. The third kappa shape index (κ3) is 2.60. The van der Waals surface area contributed by atoms with Crippen molar-refractivity contribution >= 4 is 23.2 Å². The Bertz CT molecular complexity index is 268. The van der Waals surface area contributed by atoms with Crippen molar-refractivity contribution in [2.45, 2.75) is 6.54 Å². The van der Waals surface area contributed by atoms with Gasteiger partial charge in [0.25, 0.3) is 0 Å². The first-order chi connectivity index (χ1) is 5.74. The van der Waals surface area contributed by atoms with E-state index in [2.05, 4.69) is 15.3 Å². The average molecular weight is 207 g/mol. The second-order valence-corrected chi connectivity index (χ2v) is 2.85. The minimum absolute atomic E-state index is 0.390. The van der Waals surface area contributed by atoms with Gasteiger partial charge < -0.3 is 4.84 Å². The molecule has 0 aliphatic rings. The number of aromatic nitrogens is 1. The quantitative estimate of drug-likeness (QED) is 0.608. The summed E-state index contributed by atoms with van der Waals surface area (Å²) in [5, 5.41) is 0.785.